The van der Waals surface area contributed by atoms with E-state index < -0.39 is 17.4 Å². The molecule has 1 aromatic carbocycles. The van der Waals surface area contributed by atoms with Crippen LogP contribution in [0.25, 0.3) is 0 Å². The number of halogens is 1. The van der Waals surface area contributed by atoms with Gasteiger partial charge in [0, 0.05) is 37.4 Å². The minimum Gasteiger partial charge on any atom is -0.478 e. The Balaban J connectivity index is 1.13. The number of carbonyl (C=O) groups excluding carboxylic acids is 1. The lowest BCUT2D eigenvalue weighted by Crippen LogP contribution is -2.61. The SMILES string of the molecule is C[C@@H]1CN(c2ccc(F)c(C(=O)O)c2)CCN1c1cccc(C(=O)N[C@H]2C3CC4CC2C[C@](O)(C4)C3)n1. The van der Waals surface area contributed by atoms with Crippen LogP contribution in [0.4, 0.5) is 15.9 Å². The molecule has 1 aliphatic heterocycles. The first kappa shape index (κ1) is 24.2. The first-order valence-corrected chi connectivity index (χ1v) is 13.2. The maximum absolute atomic E-state index is 13.8. The number of hydrogen-bond donors (Lipinski definition) is 3. The summed E-state index contributed by atoms with van der Waals surface area (Å²) in [7, 11) is 0. The number of nitrogens with one attached hydrogen (secondary N) is 1. The van der Waals surface area contributed by atoms with Crippen LogP contribution < -0.4 is 15.1 Å². The van der Waals surface area contributed by atoms with E-state index in [1.807, 2.05) is 17.0 Å². The van der Waals surface area contributed by atoms with Crippen LogP contribution in [0.15, 0.2) is 36.4 Å². The number of amides is 1. The van der Waals surface area contributed by atoms with Crippen molar-refractivity contribution in [1.82, 2.24) is 10.3 Å². The number of hydrogen-bond acceptors (Lipinski definition) is 6. The van der Waals surface area contributed by atoms with Gasteiger partial charge in [0.15, 0.2) is 0 Å². The lowest BCUT2D eigenvalue weighted by molar-refractivity contribution is -0.136. The molecule has 9 heteroatoms. The van der Waals surface area contributed by atoms with E-state index in [4.69, 9.17) is 4.98 Å². The number of carboxylic acids is 1. The maximum Gasteiger partial charge on any atom is 0.338 e. The van der Waals surface area contributed by atoms with Gasteiger partial charge in [-0.15, -0.1) is 0 Å². The van der Waals surface area contributed by atoms with E-state index in [9.17, 15) is 24.2 Å². The molecule has 8 nitrogen and oxygen atoms in total. The lowest BCUT2D eigenvalue weighted by Gasteiger charge is -2.58. The van der Waals surface area contributed by atoms with Gasteiger partial charge in [0.2, 0.25) is 0 Å². The number of rotatable bonds is 5. The van der Waals surface area contributed by atoms with Crippen LogP contribution in [-0.2, 0) is 0 Å². The fourth-order valence-electron chi connectivity index (χ4n) is 7.56. The van der Waals surface area contributed by atoms with Gasteiger partial charge in [-0.25, -0.2) is 14.2 Å². The van der Waals surface area contributed by atoms with E-state index in [1.54, 1.807) is 12.1 Å². The molecule has 5 fully saturated rings. The molecule has 1 saturated heterocycles. The highest BCUT2D eigenvalue weighted by atomic mass is 19.1. The summed E-state index contributed by atoms with van der Waals surface area (Å²) in [5.74, 6) is -0.201. The second kappa shape index (κ2) is 8.97. The van der Waals surface area contributed by atoms with Gasteiger partial charge < -0.3 is 25.3 Å². The smallest absolute Gasteiger partial charge is 0.338 e. The number of benzene rings is 1. The fourth-order valence-corrected chi connectivity index (χ4v) is 7.56. The van der Waals surface area contributed by atoms with E-state index in [0.29, 0.717) is 48.8 Å². The van der Waals surface area contributed by atoms with Crippen molar-refractivity contribution in [2.75, 3.05) is 29.4 Å². The Hall–Kier alpha value is -3.20. The van der Waals surface area contributed by atoms with Crippen LogP contribution in [0.5, 0.6) is 0 Å². The summed E-state index contributed by atoms with van der Waals surface area (Å²) in [6.45, 7) is 3.91. The molecular weight excluding hydrogens is 475 g/mol. The molecule has 2 heterocycles. The first-order chi connectivity index (χ1) is 17.7. The highest BCUT2D eigenvalue weighted by Crippen LogP contribution is 2.55. The van der Waals surface area contributed by atoms with Gasteiger partial charge in [-0.3, -0.25) is 4.79 Å². The third-order valence-electron chi connectivity index (χ3n) is 8.97. The van der Waals surface area contributed by atoms with Crippen LogP contribution in [0.2, 0.25) is 0 Å². The van der Waals surface area contributed by atoms with E-state index >= 15 is 0 Å². The van der Waals surface area contributed by atoms with Crippen molar-refractivity contribution >= 4 is 23.4 Å². The van der Waals surface area contributed by atoms with Crippen molar-refractivity contribution in [3.05, 3.63) is 53.5 Å². The fraction of sp³-hybridized carbons (Fsp3) is 0.536. The Kier molecular flexibility index (Phi) is 5.86. The van der Waals surface area contributed by atoms with Crippen molar-refractivity contribution in [1.29, 1.82) is 0 Å². The van der Waals surface area contributed by atoms with E-state index in [0.717, 1.165) is 37.9 Å². The molecule has 2 aromatic rings. The third kappa shape index (κ3) is 4.43. The normalized spacial score (nSPS) is 32.5. The van der Waals surface area contributed by atoms with Gasteiger partial charge in [-0.2, -0.15) is 0 Å². The molecule has 4 aliphatic carbocycles. The van der Waals surface area contributed by atoms with Crippen molar-refractivity contribution < 1.29 is 24.2 Å². The average molecular weight is 509 g/mol. The Morgan fingerprint density at radius 2 is 1.86 bits per heavy atom. The summed E-state index contributed by atoms with van der Waals surface area (Å²) in [6.07, 6.45) is 4.64. The predicted octanol–water partition coefficient (Wildman–Crippen LogP) is 3.30. The molecule has 3 atom stereocenters. The van der Waals surface area contributed by atoms with Gasteiger partial charge in [0.05, 0.1) is 11.2 Å². The van der Waals surface area contributed by atoms with Crippen LogP contribution in [0, 0.1) is 23.6 Å². The number of pyridine rings is 1. The van der Waals surface area contributed by atoms with Crippen molar-refractivity contribution in [3.63, 3.8) is 0 Å². The van der Waals surface area contributed by atoms with Crippen molar-refractivity contribution in [2.24, 2.45) is 17.8 Å². The number of anilines is 2. The van der Waals surface area contributed by atoms with Crippen LogP contribution in [0.3, 0.4) is 0 Å². The zero-order valence-electron chi connectivity index (χ0n) is 20.9. The molecule has 4 saturated carbocycles. The number of nitrogens with zero attached hydrogens (tertiary/aromatic N) is 3. The van der Waals surface area contributed by atoms with Gasteiger partial charge in [-0.05, 0) is 87.1 Å². The Labute approximate surface area is 215 Å². The second-order valence-corrected chi connectivity index (χ2v) is 11.5. The summed E-state index contributed by atoms with van der Waals surface area (Å²) in [6, 6.07) is 9.84. The lowest BCUT2D eigenvalue weighted by atomic mass is 9.52. The largest absolute Gasteiger partial charge is 0.478 e. The highest BCUT2D eigenvalue weighted by Gasteiger charge is 2.55. The summed E-state index contributed by atoms with van der Waals surface area (Å²) in [4.78, 5) is 33.5. The summed E-state index contributed by atoms with van der Waals surface area (Å²) >= 11 is 0. The monoisotopic (exact) mass is 508 g/mol. The molecule has 1 amide bonds. The van der Waals surface area contributed by atoms with Gasteiger partial charge in [0.1, 0.15) is 17.3 Å². The van der Waals surface area contributed by atoms with E-state index in [-0.39, 0.29) is 23.6 Å². The quantitative estimate of drug-likeness (QED) is 0.569. The number of aromatic carboxylic acids is 1. The van der Waals surface area contributed by atoms with Crippen molar-refractivity contribution in [3.8, 4) is 0 Å². The molecule has 3 N–H and O–H groups in total. The number of carbonyl (C=O) groups is 2. The molecule has 5 aliphatic rings. The van der Waals surface area contributed by atoms with Gasteiger partial charge in [-0.1, -0.05) is 6.07 Å². The molecule has 0 spiro atoms. The van der Waals surface area contributed by atoms with Gasteiger partial charge in [0.25, 0.3) is 5.91 Å². The van der Waals surface area contributed by atoms with Crippen LogP contribution in [-0.4, -0.2) is 64.4 Å². The number of piperazine rings is 1. The molecule has 7 rings (SSSR count). The molecule has 2 unspecified atom stereocenters. The minimum absolute atomic E-state index is 0.0445. The van der Waals surface area contributed by atoms with Crippen molar-refractivity contribution in [2.45, 2.75) is 56.7 Å². The topological polar surface area (TPSA) is 106 Å². The number of carboxylic acid groups (broad SMARTS) is 1. The zero-order chi connectivity index (χ0) is 25.9. The molecule has 1 aromatic heterocycles. The molecule has 0 radical (unpaired) electrons. The van der Waals surface area contributed by atoms with Crippen LogP contribution >= 0.6 is 0 Å². The number of aliphatic hydroxyl groups is 1. The highest BCUT2D eigenvalue weighted by molar-refractivity contribution is 5.93. The third-order valence-corrected chi connectivity index (χ3v) is 8.97. The summed E-state index contributed by atoms with van der Waals surface area (Å²) in [5.41, 5.74) is 0.203. The second-order valence-electron chi connectivity index (χ2n) is 11.5. The number of aromatic nitrogens is 1. The molecule has 4 bridgehead atoms. The molecule has 196 valence electrons. The van der Waals surface area contributed by atoms with Gasteiger partial charge >= 0.3 is 5.97 Å². The Morgan fingerprint density at radius 3 is 2.54 bits per heavy atom. The predicted molar refractivity (Wildman–Crippen MR) is 136 cm³/mol. The zero-order valence-corrected chi connectivity index (χ0v) is 20.9. The first-order valence-electron chi connectivity index (χ1n) is 13.2. The van der Waals surface area contributed by atoms with Crippen LogP contribution in [0.1, 0.15) is 59.9 Å². The summed E-state index contributed by atoms with van der Waals surface area (Å²) in [5, 5.41) is 23.4. The average Bonchev–Trinajstić information content (AvgIpc) is 2.85. The maximum atomic E-state index is 13.8. The Morgan fingerprint density at radius 1 is 1.11 bits per heavy atom. The molecule has 37 heavy (non-hydrogen) atoms. The summed E-state index contributed by atoms with van der Waals surface area (Å²) < 4.78 is 13.8. The van der Waals surface area contributed by atoms with E-state index in [2.05, 4.69) is 17.1 Å². The minimum atomic E-state index is -1.28. The molecular formula is C28H33FN4O4. The van der Waals surface area contributed by atoms with E-state index in [1.165, 1.54) is 12.1 Å². The standard InChI is InChI=1S/C28H33FN4O4/c1-16-15-32(20-5-6-22(29)21(11-20)27(35)36)7-8-33(16)24-4-2-3-23(30-24)26(34)31-25-18-9-17-10-19(25)14-28(37,12-17)13-18/h2-6,11,16-19,25,37H,7-10,12-15H2,1H3,(H,31,34)(H,35,36)/t16-,17?,18?,19?,25-,28-/m1/s1. The Bertz CT molecular complexity index is 1220.